The molecule has 0 unspecified atom stereocenters. The van der Waals surface area contributed by atoms with Crippen LogP contribution in [0.1, 0.15) is 16.7 Å². The van der Waals surface area contributed by atoms with Gasteiger partial charge in [-0.05, 0) is 89.0 Å². The number of hydrogen-bond acceptors (Lipinski definition) is 6. The molecule has 8 nitrogen and oxygen atoms in total. The molecule has 10 aromatic carbocycles. The second kappa shape index (κ2) is 23.2. The van der Waals surface area contributed by atoms with Gasteiger partial charge in [-0.2, -0.15) is 23.7 Å². The summed E-state index contributed by atoms with van der Waals surface area (Å²) < 4.78 is 52.4. The van der Waals surface area contributed by atoms with Gasteiger partial charge >= 0.3 is 6.18 Å². The van der Waals surface area contributed by atoms with Gasteiger partial charge in [-0.1, -0.05) is 206 Å². The van der Waals surface area contributed by atoms with Crippen LogP contribution in [-0.2, 0) is 6.18 Å². The molecule has 0 radical (unpaired) electrons. The van der Waals surface area contributed by atoms with Crippen molar-refractivity contribution < 1.29 is 13.2 Å². The van der Waals surface area contributed by atoms with Crippen molar-refractivity contribution in [3.05, 3.63) is 314 Å². The van der Waals surface area contributed by atoms with Crippen molar-refractivity contribution in [3.63, 3.8) is 0 Å². The average molecular weight is 1220 g/mol. The molecular weight excluding hydrogens is 1170 g/mol. The maximum absolute atomic E-state index is 16.1. The Morgan fingerprint density at radius 1 is 0.309 bits per heavy atom. The van der Waals surface area contributed by atoms with Crippen LogP contribution in [0.5, 0.6) is 0 Å². The summed E-state index contributed by atoms with van der Waals surface area (Å²) in [5.74, 6) is 0. The summed E-state index contributed by atoms with van der Waals surface area (Å²) in [7, 11) is 0. The molecule has 16 rings (SSSR count). The highest BCUT2D eigenvalue weighted by molar-refractivity contribution is 6.14. The Morgan fingerprint density at radius 2 is 0.660 bits per heavy atom. The van der Waals surface area contributed by atoms with Crippen LogP contribution in [0.4, 0.5) is 13.2 Å². The molecule has 0 atom stereocenters. The fourth-order valence-electron chi connectivity index (χ4n) is 13.5. The number of pyridine rings is 4. The van der Waals surface area contributed by atoms with Crippen molar-refractivity contribution in [3.8, 4) is 124 Å². The molecule has 16 aromatic rings. The van der Waals surface area contributed by atoms with Crippen LogP contribution in [0.2, 0.25) is 0 Å². The van der Waals surface area contributed by atoms with Gasteiger partial charge in [-0.15, -0.1) is 0 Å². The Labute approximate surface area is 538 Å². The molecule has 6 aromatic heterocycles. The van der Waals surface area contributed by atoms with E-state index in [1.54, 1.807) is 36.9 Å². The van der Waals surface area contributed by atoms with E-state index in [0.29, 0.717) is 27.8 Å². The van der Waals surface area contributed by atoms with Crippen molar-refractivity contribution in [1.82, 2.24) is 29.1 Å². The Hall–Kier alpha value is -12.8. The highest BCUT2D eigenvalue weighted by Gasteiger charge is 2.37. The molecule has 0 N–H and O–H groups in total. The van der Waals surface area contributed by atoms with Crippen LogP contribution < -0.4 is 0 Å². The maximum Gasteiger partial charge on any atom is 0.417 e. The summed E-state index contributed by atoms with van der Waals surface area (Å²) in [6, 6.07) is 92.1. The van der Waals surface area contributed by atoms with Crippen molar-refractivity contribution in [2.24, 2.45) is 0 Å². The van der Waals surface area contributed by atoms with E-state index in [-0.39, 0.29) is 27.9 Å². The van der Waals surface area contributed by atoms with Gasteiger partial charge in [0, 0.05) is 102 Å². The summed E-state index contributed by atoms with van der Waals surface area (Å²) in [5, 5.41) is 26.9. The van der Waals surface area contributed by atoms with Crippen LogP contribution >= 0.6 is 0 Å². The Kier molecular flexibility index (Phi) is 13.9. The molecule has 0 saturated heterocycles. The molecule has 6 heterocycles. The van der Waals surface area contributed by atoms with E-state index in [9.17, 15) is 10.5 Å². The minimum atomic E-state index is -4.94. The van der Waals surface area contributed by atoms with Gasteiger partial charge < -0.3 is 9.13 Å². The average Bonchev–Trinajstić information content (AvgIpc) is 1.52. The number of nitriles is 2. The van der Waals surface area contributed by atoms with Crippen molar-refractivity contribution >= 4 is 43.6 Å². The topological polar surface area (TPSA) is 109 Å². The lowest BCUT2D eigenvalue weighted by Gasteiger charge is -2.23. The second-order valence-corrected chi connectivity index (χ2v) is 23.0. The number of nitrogens with zero attached hydrogens (tertiary/aromatic N) is 8. The number of halogens is 3. The smallest absolute Gasteiger partial charge is 0.308 e. The first-order valence-corrected chi connectivity index (χ1v) is 30.6. The minimum Gasteiger partial charge on any atom is -0.308 e. The summed E-state index contributed by atoms with van der Waals surface area (Å²) in [6.07, 6.45) is 2.13. The molecule has 0 fully saturated rings. The van der Waals surface area contributed by atoms with Gasteiger partial charge in [-0.3, -0.25) is 19.9 Å². The van der Waals surface area contributed by atoms with E-state index < -0.39 is 11.7 Å². The number of rotatable bonds is 11. The minimum absolute atomic E-state index is 0.0185. The number of aromatic nitrogens is 6. The summed E-state index contributed by atoms with van der Waals surface area (Å²) in [6.45, 7) is 0. The predicted octanol–water partition coefficient (Wildman–Crippen LogP) is 21.2. The Balaban J connectivity index is 1.06. The van der Waals surface area contributed by atoms with Crippen LogP contribution in [0, 0.1) is 22.7 Å². The standard InChI is InChI=1S/C83H49F3N8/c84-83(85,86)71-31-13-26-60(50-87)77(71)69-40-41-72(93-73-46-56(61-27-14-42-89-78(61)52-18-5-1-6-19-52)32-36-65(73)66-37-33-57(47-74(66)93)62-28-15-43-90-79(62)53-20-7-2-8-21-53)70(51-88)82(69)94-75-48-58(63-29-16-44-91-80(63)54-22-9-3-10-23-54)34-38-67(75)68-39-35-59(49-76(68)94)64-30-17-45-92-81(64)55-24-11-4-12-25-55/h1-49H. The molecule has 11 heteroatoms. The molecule has 0 aliphatic rings. The summed E-state index contributed by atoms with van der Waals surface area (Å²) in [4.78, 5) is 19.7. The molecule has 0 aliphatic carbocycles. The van der Waals surface area contributed by atoms with Crippen molar-refractivity contribution in [2.75, 3.05) is 0 Å². The largest absolute Gasteiger partial charge is 0.417 e. The Morgan fingerprint density at radius 3 is 0.989 bits per heavy atom. The van der Waals surface area contributed by atoms with E-state index in [2.05, 4.69) is 53.1 Å². The number of hydrogen-bond donors (Lipinski definition) is 0. The number of alkyl halides is 3. The third kappa shape index (κ3) is 9.63. The van der Waals surface area contributed by atoms with Gasteiger partial charge in [0.05, 0.1) is 73.4 Å². The number of benzene rings is 10. The molecule has 0 bridgehead atoms. The fraction of sp³-hybridized carbons (Fsp3) is 0.0120. The van der Waals surface area contributed by atoms with E-state index in [1.807, 2.05) is 211 Å². The van der Waals surface area contributed by atoms with Crippen LogP contribution in [0.15, 0.2) is 298 Å². The van der Waals surface area contributed by atoms with Gasteiger partial charge in [0.1, 0.15) is 11.6 Å². The normalized spacial score (nSPS) is 11.5. The van der Waals surface area contributed by atoms with Crippen molar-refractivity contribution in [1.29, 1.82) is 10.5 Å². The lowest BCUT2D eigenvalue weighted by molar-refractivity contribution is -0.137. The quantitative estimate of drug-likeness (QED) is 0.128. The highest BCUT2D eigenvalue weighted by Crippen LogP contribution is 2.49. The van der Waals surface area contributed by atoms with Gasteiger partial charge in [-0.25, -0.2) is 0 Å². The highest BCUT2D eigenvalue weighted by atomic mass is 19.4. The van der Waals surface area contributed by atoms with Gasteiger partial charge in [0.2, 0.25) is 0 Å². The molecule has 94 heavy (non-hydrogen) atoms. The zero-order valence-electron chi connectivity index (χ0n) is 50.0. The van der Waals surface area contributed by atoms with Gasteiger partial charge in [0.25, 0.3) is 0 Å². The number of fused-ring (bicyclic) bond motifs is 6. The van der Waals surface area contributed by atoms with E-state index in [4.69, 9.17) is 19.9 Å². The molecule has 0 spiro atoms. The second-order valence-electron chi connectivity index (χ2n) is 23.0. The molecule has 442 valence electrons. The third-order valence-corrected chi connectivity index (χ3v) is 17.7. The first kappa shape index (κ1) is 56.4. The molecular formula is C83H49F3N8. The lowest BCUT2D eigenvalue weighted by atomic mass is 9.90. The lowest BCUT2D eigenvalue weighted by Crippen LogP contribution is -2.11. The summed E-state index contributed by atoms with van der Waals surface area (Å²) in [5.41, 5.74) is 14.8. The first-order valence-electron chi connectivity index (χ1n) is 30.6. The van der Waals surface area contributed by atoms with Crippen LogP contribution in [-0.4, -0.2) is 29.1 Å². The SMILES string of the molecule is N#Cc1cccc(C(F)(F)F)c1-c1ccc(-n2c3cc(-c4cccnc4-c4ccccc4)ccc3c3ccc(-c4cccnc4-c4ccccc4)cc32)c(C#N)c1-n1c2cc(-c3cccnc3-c3ccccc3)ccc2c2ccc(-c3cccnc3-c3ccccc3)cc21. The van der Waals surface area contributed by atoms with E-state index in [1.165, 1.54) is 12.1 Å². The van der Waals surface area contributed by atoms with Gasteiger partial charge in [0.15, 0.2) is 0 Å². The fourth-order valence-corrected chi connectivity index (χ4v) is 13.5. The molecule has 0 saturated carbocycles. The summed E-state index contributed by atoms with van der Waals surface area (Å²) >= 11 is 0. The zero-order chi connectivity index (χ0) is 63.4. The van der Waals surface area contributed by atoms with Crippen LogP contribution in [0.25, 0.3) is 156 Å². The van der Waals surface area contributed by atoms with Crippen LogP contribution in [0.3, 0.4) is 0 Å². The van der Waals surface area contributed by atoms with E-state index in [0.717, 1.165) is 117 Å². The first-order chi connectivity index (χ1) is 46.2. The van der Waals surface area contributed by atoms with Crippen molar-refractivity contribution in [2.45, 2.75) is 6.18 Å². The maximum atomic E-state index is 16.1. The third-order valence-electron chi connectivity index (χ3n) is 17.7. The van der Waals surface area contributed by atoms with E-state index >= 15 is 13.2 Å². The molecule has 0 aliphatic heterocycles. The monoisotopic (exact) mass is 1210 g/mol. The molecule has 0 amide bonds. The zero-order valence-corrected chi connectivity index (χ0v) is 50.0. The Bertz CT molecular complexity index is 5470. The predicted molar refractivity (Wildman–Crippen MR) is 370 cm³/mol.